The number of anilines is 1. The van der Waals surface area contributed by atoms with Crippen LogP contribution in [0.5, 0.6) is 0 Å². The van der Waals surface area contributed by atoms with Gasteiger partial charge in [-0.1, -0.05) is 29.5 Å². The lowest BCUT2D eigenvalue weighted by molar-refractivity contribution is -0.132. The van der Waals surface area contributed by atoms with Crippen LogP contribution in [0.1, 0.15) is 22.7 Å². The first kappa shape index (κ1) is 20.0. The molecule has 158 valence electrons. The number of pyridine rings is 1. The summed E-state index contributed by atoms with van der Waals surface area (Å²) in [5.74, 6) is -2.40. The highest BCUT2D eigenvalue weighted by Crippen LogP contribution is 2.44. The number of carbonyl (C=O) groups is 2. The van der Waals surface area contributed by atoms with Crippen molar-refractivity contribution in [2.45, 2.75) is 13.0 Å². The van der Waals surface area contributed by atoms with Gasteiger partial charge in [0.05, 0.1) is 21.8 Å². The smallest absolute Gasteiger partial charge is 0.301 e. The van der Waals surface area contributed by atoms with Crippen molar-refractivity contribution in [1.82, 2.24) is 9.97 Å². The second-order valence-corrected chi connectivity index (χ2v) is 8.43. The highest BCUT2D eigenvalue weighted by molar-refractivity contribution is 7.22. The van der Waals surface area contributed by atoms with Crippen LogP contribution in [0.2, 0.25) is 0 Å². The van der Waals surface area contributed by atoms with Crippen molar-refractivity contribution < 1.29 is 19.1 Å². The first-order valence-corrected chi connectivity index (χ1v) is 10.6. The number of Topliss-reactive ketones (excluding diaryl/α,β-unsaturated/α-hetero) is 1. The molecule has 1 N–H and O–H groups in total. The Morgan fingerprint density at radius 1 is 1.06 bits per heavy atom. The summed E-state index contributed by atoms with van der Waals surface area (Å²) < 4.78 is 14.5. The number of rotatable bonds is 3. The van der Waals surface area contributed by atoms with E-state index in [0.717, 1.165) is 10.3 Å². The molecule has 1 unspecified atom stereocenters. The predicted molar refractivity (Wildman–Crippen MR) is 120 cm³/mol. The zero-order valence-corrected chi connectivity index (χ0v) is 17.6. The van der Waals surface area contributed by atoms with E-state index < -0.39 is 23.5 Å². The summed E-state index contributed by atoms with van der Waals surface area (Å²) in [4.78, 5) is 36.0. The Labute approximate surface area is 186 Å². The maximum atomic E-state index is 13.6. The average Bonchev–Trinajstić information content (AvgIpc) is 3.32. The van der Waals surface area contributed by atoms with E-state index in [1.807, 2.05) is 25.1 Å². The molecule has 0 bridgehead atoms. The first-order chi connectivity index (χ1) is 15.4. The fourth-order valence-electron chi connectivity index (χ4n) is 3.78. The van der Waals surface area contributed by atoms with E-state index in [-0.39, 0.29) is 11.3 Å². The van der Waals surface area contributed by atoms with Crippen LogP contribution in [-0.4, -0.2) is 26.8 Å². The number of hydrogen-bond acceptors (Lipinski definition) is 6. The van der Waals surface area contributed by atoms with Crippen molar-refractivity contribution in [3.63, 3.8) is 0 Å². The summed E-state index contributed by atoms with van der Waals surface area (Å²) in [6.45, 7) is 1.96. The van der Waals surface area contributed by atoms with E-state index in [4.69, 9.17) is 0 Å². The Balaban J connectivity index is 1.73. The molecule has 6 nitrogen and oxygen atoms in total. The minimum atomic E-state index is -0.953. The van der Waals surface area contributed by atoms with Gasteiger partial charge in [0.25, 0.3) is 5.78 Å². The molecular weight excluding hydrogens is 429 g/mol. The molecule has 4 aromatic rings. The van der Waals surface area contributed by atoms with E-state index in [0.29, 0.717) is 21.8 Å². The number of aromatic nitrogens is 2. The maximum Gasteiger partial charge on any atom is 0.301 e. The number of amides is 1. The van der Waals surface area contributed by atoms with Crippen molar-refractivity contribution >= 4 is 44.1 Å². The van der Waals surface area contributed by atoms with Gasteiger partial charge in [-0.25, -0.2) is 9.37 Å². The number of fused-ring (bicyclic) bond motifs is 1. The van der Waals surface area contributed by atoms with Gasteiger partial charge in [0.1, 0.15) is 11.6 Å². The number of ketones is 1. The first-order valence-electron chi connectivity index (χ1n) is 9.78. The standard InChI is InChI=1S/C24H16FN3O3S/c1-13-2-7-17-18(12-13)32-24(27-17)28-20(14-3-5-16(25)6-4-14)19(22(30)23(28)31)21(29)15-8-10-26-11-9-15/h2-12,20,29H,1H3. The Morgan fingerprint density at radius 2 is 1.78 bits per heavy atom. The number of aliphatic hydroxyl groups is 1. The number of benzene rings is 2. The molecule has 1 amide bonds. The van der Waals surface area contributed by atoms with Gasteiger partial charge in [-0.05, 0) is 54.4 Å². The summed E-state index contributed by atoms with van der Waals surface area (Å²) in [5.41, 5.74) is 2.50. The molecule has 0 aliphatic carbocycles. The lowest BCUT2D eigenvalue weighted by atomic mass is 9.95. The number of carbonyl (C=O) groups excluding carboxylic acids is 2. The third kappa shape index (κ3) is 3.25. The molecule has 1 aliphatic rings. The van der Waals surface area contributed by atoms with Gasteiger partial charge >= 0.3 is 5.91 Å². The lowest BCUT2D eigenvalue weighted by Crippen LogP contribution is -2.29. The number of nitrogens with zero attached hydrogens (tertiary/aromatic N) is 3. The molecule has 2 aromatic carbocycles. The monoisotopic (exact) mass is 445 g/mol. The molecule has 32 heavy (non-hydrogen) atoms. The molecule has 1 aliphatic heterocycles. The van der Waals surface area contributed by atoms with Crippen LogP contribution < -0.4 is 4.90 Å². The van der Waals surface area contributed by atoms with Crippen LogP contribution in [0.4, 0.5) is 9.52 Å². The highest BCUT2D eigenvalue weighted by Gasteiger charge is 2.48. The van der Waals surface area contributed by atoms with E-state index in [2.05, 4.69) is 9.97 Å². The van der Waals surface area contributed by atoms with Crippen LogP contribution >= 0.6 is 11.3 Å². The van der Waals surface area contributed by atoms with Crippen molar-refractivity contribution in [3.05, 3.63) is 95.1 Å². The highest BCUT2D eigenvalue weighted by atomic mass is 32.1. The zero-order valence-electron chi connectivity index (χ0n) is 16.8. The van der Waals surface area contributed by atoms with Gasteiger partial charge in [-0.3, -0.25) is 19.5 Å². The fraction of sp³-hybridized carbons (Fsp3) is 0.0833. The number of thiazole rings is 1. The molecule has 1 fully saturated rings. The minimum Gasteiger partial charge on any atom is -0.507 e. The average molecular weight is 445 g/mol. The molecule has 0 saturated carbocycles. The molecular formula is C24H16FN3O3S. The Hall–Kier alpha value is -3.91. The van der Waals surface area contributed by atoms with Gasteiger partial charge in [0, 0.05) is 18.0 Å². The fourth-order valence-corrected chi connectivity index (χ4v) is 4.87. The van der Waals surface area contributed by atoms with E-state index in [1.165, 1.54) is 52.9 Å². The van der Waals surface area contributed by atoms with Crippen molar-refractivity contribution in [1.29, 1.82) is 0 Å². The lowest BCUT2D eigenvalue weighted by Gasteiger charge is -2.22. The van der Waals surface area contributed by atoms with E-state index >= 15 is 0 Å². The second-order valence-electron chi connectivity index (χ2n) is 7.42. The molecule has 3 heterocycles. The number of halogens is 1. The summed E-state index contributed by atoms with van der Waals surface area (Å²) in [6, 6.07) is 13.4. The molecule has 8 heteroatoms. The SMILES string of the molecule is Cc1ccc2nc(N3C(=O)C(=O)C(=C(O)c4ccncc4)C3c3ccc(F)cc3)sc2c1. The number of hydrogen-bond donors (Lipinski definition) is 1. The van der Waals surface area contributed by atoms with E-state index in [9.17, 15) is 19.1 Å². The van der Waals surface area contributed by atoms with Crippen LogP contribution in [-0.2, 0) is 9.59 Å². The van der Waals surface area contributed by atoms with Crippen LogP contribution in [0, 0.1) is 12.7 Å². The molecule has 1 atom stereocenters. The Morgan fingerprint density at radius 3 is 2.50 bits per heavy atom. The topological polar surface area (TPSA) is 83.4 Å². The van der Waals surface area contributed by atoms with Gasteiger partial charge in [-0.2, -0.15) is 0 Å². The Kier molecular flexibility index (Phi) is 4.79. The number of aryl methyl sites for hydroxylation is 1. The van der Waals surface area contributed by atoms with Crippen molar-refractivity contribution in [3.8, 4) is 0 Å². The van der Waals surface area contributed by atoms with Crippen molar-refractivity contribution in [2.24, 2.45) is 0 Å². The number of aliphatic hydroxyl groups excluding tert-OH is 1. The minimum absolute atomic E-state index is 0.0803. The Bertz CT molecular complexity index is 1400. The predicted octanol–water partition coefficient (Wildman–Crippen LogP) is 4.77. The largest absolute Gasteiger partial charge is 0.507 e. The summed E-state index contributed by atoms with van der Waals surface area (Å²) in [6.07, 6.45) is 2.96. The molecule has 5 rings (SSSR count). The molecule has 2 aromatic heterocycles. The summed E-state index contributed by atoms with van der Waals surface area (Å²) >= 11 is 1.28. The summed E-state index contributed by atoms with van der Waals surface area (Å²) in [5, 5.41) is 11.3. The van der Waals surface area contributed by atoms with Crippen LogP contribution in [0.25, 0.3) is 16.0 Å². The van der Waals surface area contributed by atoms with Crippen LogP contribution in [0.3, 0.4) is 0 Å². The molecule has 0 radical (unpaired) electrons. The third-order valence-corrected chi connectivity index (χ3v) is 6.34. The second kappa shape index (κ2) is 7.65. The molecule has 1 saturated heterocycles. The van der Waals surface area contributed by atoms with Gasteiger partial charge in [0.15, 0.2) is 5.13 Å². The van der Waals surface area contributed by atoms with E-state index in [1.54, 1.807) is 12.1 Å². The van der Waals surface area contributed by atoms with Crippen molar-refractivity contribution in [2.75, 3.05) is 4.90 Å². The zero-order chi connectivity index (χ0) is 22.4. The quantitative estimate of drug-likeness (QED) is 0.279. The molecule has 0 spiro atoms. The maximum absolute atomic E-state index is 13.6. The normalized spacial score (nSPS) is 17.9. The van der Waals surface area contributed by atoms with Gasteiger partial charge in [0.2, 0.25) is 0 Å². The van der Waals surface area contributed by atoms with Gasteiger partial charge in [-0.15, -0.1) is 0 Å². The van der Waals surface area contributed by atoms with Gasteiger partial charge < -0.3 is 5.11 Å². The van der Waals surface area contributed by atoms with Crippen LogP contribution in [0.15, 0.2) is 72.6 Å². The third-order valence-electron chi connectivity index (χ3n) is 5.32. The summed E-state index contributed by atoms with van der Waals surface area (Å²) in [7, 11) is 0.